The molecule has 0 radical (unpaired) electrons. The largest absolute Gasteiger partial charge is 0.304 e. The van der Waals surface area contributed by atoms with Gasteiger partial charge in [-0.15, -0.1) is 10.2 Å². The Hall–Kier alpha value is -2.65. The molecular formula is C18H16N4O3S2. The number of carbonyl (C=O) groups excluding carboxylic acids is 1. The third-order valence-electron chi connectivity index (χ3n) is 4.15. The van der Waals surface area contributed by atoms with Gasteiger partial charge in [0.25, 0.3) is 0 Å². The second-order valence-electron chi connectivity index (χ2n) is 6.02. The average Bonchev–Trinajstić information content (AvgIpc) is 3.24. The molecule has 3 heterocycles. The Bertz CT molecular complexity index is 1110. The monoisotopic (exact) mass is 400 g/mol. The van der Waals surface area contributed by atoms with Crippen molar-refractivity contribution in [1.82, 2.24) is 14.6 Å². The van der Waals surface area contributed by atoms with Gasteiger partial charge in [-0.05, 0) is 30.3 Å². The third-order valence-corrected chi connectivity index (χ3v) is 6.46. The van der Waals surface area contributed by atoms with Crippen LogP contribution in [-0.2, 0) is 14.6 Å². The lowest BCUT2D eigenvalue weighted by Gasteiger charge is -2.27. The van der Waals surface area contributed by atoms with Gasteiger partial charge in [0.15, 0.2) is 20.6 Å². The maximum atomic E-state index is 13.0. The fraction of sp³-hybridized carbons (Fsp3) is 0.167. The van der Waals surface area contributed by atoms with Crippen molar-refractivity contribution in [3.05, 3.63) is 66.2 Å². The molecular weight excluding hydrogens is 384 g/mol. The lowest BCUT2D eigenvalue weighted by Crippen LogP contribution is -2.42. The number of hydrogen-bond donors (Lipinski definition) is 0. The zero-order valence-corrected chi connectivity index (χ0v) is 15.8. The Morgan fingerprint density at radius 3 is 2.67 bits per heavy atom. The Balaban J connectivity index is 1.57. The summed E-state index contributed by atoms with van der Waals surface area (Å²) >= 11 is 1.27. The van der Waals surface area contributed by atoms with Crippen LogP contribution >= 0.6 is 11.8 Å². The van der Waals surface area contributed by atoms with Crippen LogP contribution in [0.5, 0.6) is 0 Å². The molecule has 0 spiro atoms. The molecule has 1 aliphatic rings. The predicted molar refractivity (Wildman–Crippen MR) is 104 cm³/mol. The van der Waals surface area contributed by atoms with E-state index in [-0.39, 0.29) is 17.4 Å². The van der Waals surface area contributed by atoms with E-state index in [4.69, 9.17) is 0 Å². The van der Waals surface area contributed by atoms with E-state index in [0.29, 0.717) is 16.5 Å². The van der Waals surface area contributed by atoms with E-state index in [1.54, 1.807) is 18.2 Å². The Morgan fingerprint density at radius 2 is 1.93 bits per heavy atom. The first-order valence-corrected chi connectivity index (χ1v) is 10.9. The highest BCUT2D eigenvalue weighted by Gasteiger charge is 2.31. The van der Waals surface area contributed by atoms with E-state index in [9.17, 15) is 13.2 Å². The van der Waals surface area contributed by atoms with Crippen LogP contribution in [0.4, 0.5) is 5.69 Å². The van der Waals surface area contributed by atoms with Crippen LogP contribution in [0.3, 0.4) is 0 Å². The van der Waals surface area contributed by atoms with Crippen molar-refractivity contribution in [2.75, 3.05) is 16.4 Å². The summed E-state index contributed by atoms with van der Waals surface area (Å²) < 4.78 is 25.5. The van der Waals surface area contributed by atoms with E-state index in [0.717, 1.165) is 0 Å². The van der Waals surface area contributed by atoms with Gasteiger partial charge >= 0.3 is 0 Å². The summed E-state index contributed by atoms with van der Waals surface area (Å²) in [5.74, 6) is -0.174. The number of hydrogen-bond acceptors (Lipinski definition) is 6. The Morgan fingerprint density at radius 1 is 1.15 bits per heavy atom. The fourth-order valence-corrected chi connectivity index (χ4v) is 4.99. The molecule has 0 saturated carbocycles. The number of para-hydroxylation sites is 1. The van der Waals surface area contributed by atoms with Gasteiger partial charge in [0.2, 0.25) is 5.91 Å². The van der Waals surface area contributed by atoms with Gasteiger partial charge < -0.3 is 4.90 Å². The summed E-state index contributed by atoms with van der Waals surface area (Å²) in [6.45, 7) is 0. The van der Waals surface area contributed by atoms with E-state index in [1.807, 2.05) is 47.0 Å². The zero-order valence-electron chi connectivity index (χ0n) is 14.2. The number of fused-ring (bicyclic) bond motifs is 1. The quantitative estimate of drug-likeness (QED) is 0.610. The fourth-order valence-electron chi connectivity index (χ4n) is 2.94. The van der Waals surface area contributed by atoms with Gasteiger partial charge in [0.05, 0.1) is 17.5 Å². The first kappa shape index (κ1) is 17.7. The van der Waals surface area contributed by atoms with Crippen molar-refractivity contribution in [3.8, 4) is 0 Å². The summed E-state index contributed by atoms with van der Waals surface area (Å²) in [6.07, 6.45) is 3.40. The summed E-state index contributed by atoms with van der Waals surface area (Å²) in [7, 11) is -3.28. The smallest absolute Gasteiger partial charge is 0.238 e. The second kappa shape index (κ2) is 7.16. The summed E-state index contributed by atoms with van der Waals surface area (Å²) in [5, 5.41) is 9.98. The minimum absolute atomic E-state index is 0.105. The molecule has 27 heavy (non-hydrogen) atoms. The third kappa shape index (κ3) is 3.74. The lowest BCUT2D eigenvalue weighted by atomic mass is 10.2. The maximum absolute atomic E-state index is 13.0. The molecule has 0 aliphatic carbocycles. The van der Waals surface area contributed by atoms with Crippen molar-refractivity contribution in [2.24, 2.45) is 0 Å². The van der Waals surface area contributed by atoms with Crippen LogP contribution in [0.25, 0.3) is 5.65 Å². The van der Waals surface area contributed by atoms with Crippen molar-refractivity contribution in [3.63, 3.8) is 0 Å². The normalized spacial score (nSPS) is 18.0. The molecule has 0 saturated heterocycles. The van der Waals surface area contributed by atoms with Crippen molar-refractivity contribution in [2.45, 2.75) is 11.2 Å². The first-order chi connectivity index (χ1) is 13.0. The molecule has 2 aromatic heterocycles. The molecule has 1 aliphatic heterocycles. The topological polar surface area (TPSA) is 84.6 Å². The number of amides is 1. The number of benzene rings is 1. The standard InChI is InChI=1S/C18H16N4O3S2/c23-17(12-26-18-20-19-16-8-4-5-10-21(16)18)22(14-6-2-1-3-7-14)15-9-11-27(24,25)13-15/h1-11,15H,12-13H2/t15-/m1/s1. The predicted octanol–water partition coefficient (Wildman–Crippen LogP) is 2.17. The van der Waals surface area contributed by atoms with Crippen LogP contribution in [0.1, 0.15) is 0 Å². The van der Waals surface area contributed by atoms with Gasteiger partial charge in [0, 0.05) is 17.3 Å². The molecule has 0 fully saturated rings. The minimum Gasteiger partial charge on any atom is -0.304 e. The summed E-state index contributed by atoms with van der Waals surface area (Å²) in [6, 6.07) is 14.2. The average molecular weight is 400 g/mol. The van der Waals surface area contributed by atoms with E-state index in [2.05, 4.69) is 10.2 Å². The minimum atomic E-state index is -3.28. The van der Waals surface area contributed by atoms with Gasteiger partial charge in [-0.1, -0.05) is 36.0 Å². The number of rotatable bonds is 5. The number of aromatic nitrogens is 3. The Labute approximate surface area is 160 Å². The molecule has 0 unspecified atom stereocenters. The lowest BCUT2D eigenvalue weighted by molar-refractivity contribution is -0.116. The van der Waals surface area contributed by atoms with E-state index < -0.39 is 15.9 Å². The van der Waals surface area contributed by atoms with Crippen LogP contribution in [-0.4, -0.2) is 46.5 Å². The number of carbonyl (C=O) groups is 1. The number of sulfone groups is 1. The van der Waals surface area contributed by atoms with E-state index in [1.165, 1.54) is 22.1 Å². The zero-order chi connectivity index (χ0) is 18.9. The van der Waals surface area contributed by atoms with Crippen LogP contribution in [0.2, 0.25) is 0 Å². The number of nitrogens with zero attached hydrogens (tertiary/aromatic N) is 4. The van der Waals surface area contributed by atoms with Gasteiger partial charge in [-0.25, -0.2) is 8.42 Å². The van der Waals surface area contributed by atoms with Crippen molar-refractivity contribution >= 4 is 38.8 Å². The van der Waals surface area contributed by atoms with Gasteiger partial charge in [0.1, 0.15) is 0 Å². The number of anilines is 1. The summed E-state index contributed by atoms with van der Waals surface area (Å²) in [4.78, 5) is 14.5. The Kier molecular flexibility index (Phi) is 4.71. The molecule has 1 amide bonds. The van der Waals surface area contributed by atoms with Crippen LogP contribution in [0, 0.1) is 0 Å². The molecule has 4 rings (SSSR count). The molecule has 7 nitrogen and oxygen atoms in total. The first-order valence-electron chi connectivity index (χ1n) is 8.24. The summed E-state index contributed by atoms with van der Waals surface area (Å²) in [5.41, 5.74) is 1.37. The molecule has 1 atom stereocenters. The van der Waals surface area contributed by atoms with Crippen molar-refractivity contribution in [1.29, 1.82) is 0 Å². The SMILES string of the molecule is O=C(CSc1nnc2ccccn12)N(c1ccccc1)[C@@H]1C=CS(=O)(=O)C1. The maximum Gasteiger partial charge on any atom is 0.238 e. The molecule has 138 valence electrons. The van der Waals surface area contributed by atoms with Crippen LogP contribution in [0.15, 0.2) is 71.4 Å². The highest BCUT2D eigenvalue weighted by Crippen LogP contribution is 2.25. The van der Waals surface area contributed by atoms with Crippen molar-refractivity contribution < 1.29 is 13.2 Å². The second-order valence-corrected chi connectivity index (χ2v) is 8.90. The molecule has 9 heteroatoms. The molecule has 3 aromatic rings. The number of pyridine rings is 1. The number of thioether (sulfide) groups is 1. The molecule has 0 bridgehead atoms. The van der Waals surface area contributed by atoms with Crippen LogP contribution < -0.4 is 4.90 Å². The highest BCUT2D eigenvalue weighted by atomic mass is 32.2. The van der Waals surface area contributed by atoms with Gasteiger partial charge in [-0.2, -0.15) is 0 Å². The molecule has 1 aromatic carbocycles. The van der Waals surface area contributed by atoms with Gasteiger partial charge in [-0.3, -0.25) is 9.20 Å². The molecule has 0 N–H and O–H groups in total. The highest BCUT2D eigenvalue weighted by molar-refractivity contribution is 7.99. The van der Waals surface area contributed by atoms with E-state index >= 15 is 0 Å².